The first-order valence-electron chi connectivity index (χ1n) is 5.04. The van der Waals surface area contributed by atoms with Crippen LogP contribution in [-0.4, -0.2) is 18.1 Å². The summed E-state index contributed by atoms with van der Waals surface area (Å²) >= 11 is 1.85. The van der Waals surface area contributed by atoms with Gasteiger partial charge in [-0.2, -0.15) is 11.8 Å². The topological polar surface area (TPSA) is 26.0 Å². The molecule has 0 radical (unpaired) electrons. The lowest BCUT2D eigenvalue weighted by molar-refractivity contribution is 0.532. The minimum atomic E-state index is 0.210. The number of nitrogens with two attached hydrogens (primary N) is 1. The predicted molar refractivity (Wildman–Crippen MR) is 64.2 cm³/mol. The lowest BCUT2D eigenvalue weighted by Gasteiger charge is -2.17. The summed E-state index contributed by atoms with van der Waals surface area (Å²) in [6.45, 7) is 8.53. The van der Waals surface area contributed by atoms with E-state index in [4.69, 9.17) is 5.73 Å². The summed E-state index contributed by atoms with van der Waals surface area (Å²) in [6, 6.07) is 0.210. The molecular weight excluding hydrogens is 178 g/mol. The van der Waals surface area contributed by atoms with Crippen molar-refractivity contribution in [2.24, 2.45) is 11.7 Å². The van der Waals surface area contributed by atoms with E-state index < -0.39 is 0 Å². The van der Waals surface area contributed by atoms with Gasteiger partial charge in [0.1, 0.15) is 0 Å². The van der Waals surface area contributed by atoms with Crippen LogP contribution in [0.4, 0.5) is 0 Å². The van der Waals surface area contributed by atoms with Crippen LogP contribution in [0.1, 0.15) is 33.1 Å². The van der Waals surface area contributed by atoms with Crippen molar-refractivity contribution >= 4 is 11.8 Å². The maximum absolute atomic E-state index is 5.99. The SMILES string of the molecule is C=C(CC(C)CC)[C@@H](N)CCSC. The normalized spacial score (nSPS) is 15.4. The van der Waals surface area contributed by atoms with E-state index in [1.54, 1.807) is 0 Å². The first-order valence-corrected chi connectivity index (χ1v) is 6.43. The molecule has 1 nitrogen and oxygen atoms in total. The molecule has 2 N–H and O–H groups in total. The van der Waals surface area contributed by atoms with Crippen molar-refractivity contribution in [1.29, 1.82) is 0 Å². The standard InChI is InChI=1S/C11H23NS/c1-5-9(2)8-10(3)11(12)6-7-13-4/h9,11H,3,5-8,12H2,1-2,4H3/t9?,11-/m0/s1. The summed E-state index contributed by atoms with van der Waals surface area (Å²) < 4.78 is 0. The summed E-state index contributed by atoms with van der Waals surface area (Å²) in [4.78, 5) is 0. The van der Waals surface area contributed by atoms with Crippen molar-refractivity contribution in [1.82, 2.24) is 0 Å². The second-order valence-corrected chi connectivity index (χ2v) is 4.75. The molecule has 0 fully saturated rings. The smallest absolute Gasteiger partial charge is 0.0258 e. The Balaban J connectivity index is 3.68. The molecular formula is C11H23NS. The van der Waals surface area contributed by atoms with E-state index in [-0.39, 0.29) is 6.04 Å². The molecule has 0 aliphatic heterocycles. The van der Waals surface area contributed by atoms with Gasteiger partial charge in [0.2, 0.25) is 0 Å². The van der Waals surface area contributed by atoms with Gasteiger partial charge >= 0.3 is 0 Å². The van der Waals surface area contributed by atoms with Gasteiger partial charge in [0.25, 0.3) is 0 Å². The van der Waals surface area contributed by atoms with Crippen LogP contribution in [0.2, 0.25) is 0 Å². The quantitative estimate of drug-likeness (QED) is 0.641. The highest BCUT2D eigenvalue weighted by Gasteiger charge is 2.09. The van der Waals surface area contributed by atoms with Crippen molar-refractivity contribution in [3.63, 3.8) is 0 Å². The van der Waals surface area contributed by atoms with Crippen LogP contribution in [0.25, 0.3) is 0 Å². The fourth-order valence-corrected chi connectivity index (χ4v) is 1.68. The summed E-state index contributed by atoms with van der Waals surface area (Å²) in [6.07, 6.45) is 5.49. The van der Waals surface area contributed by atoms with Gasteiger partial charge in [0.05, 0.1) is 0 Å². The van der Waals surface area contributed by atoms with E-state index in [0.717, 1.165) is 24.5 Å². The van der Waals surface area contributed by atoms with Gasteiger partial charge in [-0.05, 0) is 30.8 Å². The van der Waals surface area contributed by atoms with Crippen molar-refractivity contribution < 1.29 is 0 Å². The molecule has 1 unspecified atom stereocenters. The Morgan fingerprint density at radius 3 is 2.62 bits per heavy atom. The first-order chi connectivity index (χ1) is 6.11. The Morgan fingerprint density at radius 1 is 1.54 bits per heavy atom. The second-order valence-electron chi connectivity index (χ2n) is 3.76. The van der Waals surface area contributed by atoms with E-state index in [0.29, 0.717) is 0 Å². The number of thioether (sulfide) groups is 1. The van der Waals surface area contributed by atoms with Crippen molar-refractivity contribution in [2.75, 3.05) is 12.0 Å². The van der Waals surface area contributed by atoms with Crippen molar-refractivity contribution in [3.8, 4) is 0 Å². The molecule has 0 saturated carbocycles. The van der Waals surface area contributed by atoms with Crippen molar-refractivity contribution in [2.45, 2.75) is 39.2 Å². The molecule has 13 heavy (non-hydrogen) atoms. The highest BCUT2D eigenvalue weighted by molar-refractivity contribution is 7.98. The fourth-order valence-electron chi connectivity index (χ4n) is 1.19. The average molecular weight is 201 g/mol. The fraction of sp³-hybridized carbons (Fsp3) is 0.818. The van der Waals surface area contributed by atoms with Crippen LogP contribution >= 0.6 is 11.8 Å². The molecule has 0 aliphatic rings. The van der Waals surface area contributed by atoms with Crippen LogP contribution < -0.4 is 5.73 Å². The summed E-state index contributed by atoms with van der Waals surface area (Å²) in [7, 11) is 0. The molecule has 0 aliphatic carbocycles. The summed E-state index contributed by atoms with van der Waals surface area (Å²) in [5.41, 5.74) is 7.22. The van der Waals surface area contributed by atoms with Crippen molar-refractivity contribution in [3.05, 3.63) is 12.2 Å². The van der Waals surface area contributed by atoms with Crippen LogP contribution in [0, 0.1) is 5.92 Å². The molecule has 0 heterocycles. The van der Waals surface area contributed by atoms with E-state index in [9.17, 15) is 0 Å². The van der Waals surface area contributed by atoms with Gasteiger partial charge < -0.3 is 5.73 Å². The highest BCUT2D eigenvalue weighted by Crippen LogP contribution is 2.17. The third-order valence-electron chi connectivity index (χ3n) is 2.46. The van der Waals surface area contributed by atoms with E-state index in [2.05, 4.69) is 26.7 Å². The Labute approximate surface area is 87.2 Å². The average Bonchev–Trinajstić information content (AvgIpc) is 2.13. The predicted octanol–water partition coefficient (Wildman–Crippen LogP) is 3.06. The number of hydrogen-bond acceptors (Lipinski definition) is 2. The largest absolute Gasteiger partial charge is 0.324 e. The molecule has 0 saturated heterocycles. The molecule has 0 aromatic carbocycles. The second kappa shape index (κ2) is 7.45. The highest BCUT2D eigenvalue weighted by atomic mass is 32.2. The van der Waals surface area contributed by atoms with Crippen LogP contribution in [-0.2, 0) is 0 Å². The monoisotopic (exact) mass is 201 g/mol. The lowest BCUT2D eigenvalue weighted by Crippen LogP contribution is -2.23. The van der Waals surface area contributed by atoms with Gasteiger partial charge in [-0.25, -0.2) is 0 Å². The van der Waals surface area contributed by atoms with Gasteiger partial charge in [-0.3, -0.25) is 0 Å². The van der Waals surface area contributed by atoms with Gasteiger partial charge in [-0.15, -0.1) is 0 Å². The Kier molecular flexibility index (Phi) is 7.48. The Morgan fingerprint density at radius 2 is 2.15 bits per heavy atom. The molecule has 0 spiro atoms. The molecule has 78 valence electrons. The summed E-state index contributed by atoms with van der Waals surface area (Å²) in [5, 5.41) is 0. The zero-order chi connectivity index (χ0) is 10.3. The van der Waals surface area contributed by atoms with Gasteiger partial charge in [-0.1, -0.05) is 32.4 Å². The molecule has 2 atom stereocenters. The molecule has 0 bridgehead atoms. The minimum absolute atomic E-state index is 0.210. The van der Waals surface area contributed by atoms with Crippen LogP contribution in [0.5, 0.6) is 0 Å². The van der Waals surface area contributed by atoms with Gasteiger partial charge in [0, 0.05) is 6.04 Å². The maximum Gasteiger partial charge on any atom is 0.0258 e. The van der Waals surface area contributed by atoms with E-state index >= 15 is 0 Å². The summed E-state index contributed by atoms with van der Waals surface area (Å²) in [5.74, 6) is 1.87. The van der Waals surface area contributed by atoms with E-state index in [1.165, 1.54) is 12.0 Å². The van der Waals surface area contributed by atoms with Crippen LogP contribution in [0.15, 0.2) is 12.2 Å². The molecule has 0 aromatic rings. The zero-order valence-electron chi connectivity index (χ0n) is 9.18. The number of hydrogen-bond donors (Lipinski definition) is 1. The molecule has 0 rings (SSSR count). The van der Waals surface area contributed by atoms with Gasteiger partial charge in [0.15, 0.2) is 0 Å². The first kappa shape index (κ1) is 13.1. The minimum Gasteiger partial charge on any atom is -0.324 e. The zero-order valence-corrected chi connectivity index (χ0v) is 9.99. The third kappa shape index (κ3) is 6.17. The van der Waals surface area contributed by atoms with E-state index in [1.807, 2.05) is 11.8 Å². The molecule has 2 heteroatoms. The third-order valence-corrected chi connectivity index (χ3v) is 3.11. The maximum atomic E-state index is 5.99. The molecule has 0 amide bonds. The number of rotatable bonds is 7. The Bertz CT molecular complexity index is 145. The molecule has 0 aromatic heterocycles. The Hall–Kier alpha value is 0.0500. The van der Waals surface area contributed by atoms with Crippen LogP contribution in [0.3, 0.4) is 0 Å². The lowest BCUT2D eigenvalue weighted by atomic mass is 9.94.